The van der Waals surface area contributed by atoms with Crippen LogP contribution in [0.5, 0.6) is 5.75 Å². The average Bonchev–Trinajstić information content (AvgIpc) is 2.98. The molecule has 6 nitrogen and oxygen atoms in total. The van der Waals surface area contributed by atoms with E-state index in [2.05, 4.69) is 0 Å². The monoisotopic (exact) mass is 407 g/mol. The molecule has 0 aliphatic heterocycles. The van der Waals surface area contributed by atoms with Gasteiger partial charge in [0.05, 0.1) is 28.6 Å². The first-order chi connectivity index (χ1) is 12.9. The largest absolute Gasteiger partial charge is 0.492 e. The van der Waals surface area contributed by atoms with Crippen LogP contribution >= 0.6 is 23.2 Å². The van der Waals surface area contributed by atoms with Crippen molar-refractivity contribution in [3.63, 3.8) is 0 Å². The van der Waals surface area contributed by atoms with Gasteiger partial charge in [0.1, 0.15) is 11.4 Å². The molecule has 0 spiro atoms. The number of halogens is 2. The second kappa shape index (κ2) is 7.90. The molecule has 3 rings (SSSR count). The summed E-state index contributed by atoms with van der Waals surface area (Å²) in [5, 5.41) is 19.8. The number of ether oxygens (including phenoxy) is 1. The number of nitrogens with zero attached hydrogens (tertiary/aromatic N) is 1. The fraction of sp³-hybridized carbons (Fsp3) is 0.158. The Bertz CT molecular complexity index is 1030. The fourth-order valence-electron chi connectivity index (χ4n) is 2.80. The van der Waals surface area contributed by atoms with Crippen LogP contribution in [0, 0.1) is 0 Å². The molecule has 0 fully saturated rings. The van der Waals surface area contributed by atoms with E-state index < -0.39 is 11.9 Å². The molecule has 1 aromatic heterocycles. The highest BCUT2D eigenvalue weighted by Gasteiger charge is 2.18. The molecule has 0 radical (unpaired) electrons. The summed E-state index contributed by atoms with van der Waals surface area (Å²) in [5.41, 5.74) is 1.54. The van der Waals surface area contributed by atoms with Crippen molar-refractivity contribution < 1.29 is 24.5 Å². The number of aromatic nitrogens is 1. The lowest BCUT2D eigenvalue weighted by molar-refractivity contribution is -0.137. The normalized spacial score (nSPS) is 10.9. The summed E-state index contributed by atoms with van der Waals surface area (Å²) in [6.45, 7) is 0.273. The maximum atomic E-state index is 11.7. The van der Waals surface area contributed by atoms with E-state index in [1.807, 2.05) is 0 Å². The molecule has 140 valence electrons. The highest BCUT2D eigenvalue weighted by Crippen LogP contribution is 2.31. The van der Waals surface area contributed by atoms with Gasteiger partial charge >= 0.3 is 11.9 Å². The Morgan fingerprint density at radius 3 is 2.48 bits per heavy atom. The molecule has 2 aromatic carbocycles. The zero-order valence-electron chi connectivity index (χ0n) is 14.0. The number of hydrogen-bond acceptors (Lipinski definition) is 3. The van der Waals surface area contributed by atoms with Gasteiger partial charge in [-0.25, -0.2) is 4.79 Å². The number of fused-ring (bicyclic) bond motifs is 1. The first-order valence-corrected chi connectivity index (χ1v) is 8.76. The molecule has 3 aromatic rings. The van der Waals surface area contributed by atoms with Gasteiger partial charge in [-0.05, 0) is 35.9 Å². The van der Waals surface area contributed by atoms with Crippen molar-refractivity contribution in [1.82, 2.24) is 4.57 Å². The van der Waals surface area contributed by atoms with E-state index in [0.29, 0.717) is 26.7 Å². The summed E-state index contributed by atoms with van der Waals surface area (Å²) in [4.78, 5) is 22.4. The molecule has 0 atom stereocenters. The molecule has 0 aliphatic rings. The lowest BCUT2D eigenvalue weighted by Crippen LogP contribution is -2.09. The van der Waals surface area contributed by atoms with Gasteiger partial charge in [-0.1, -0.05) is 35.3 Å². The molecule has 0 amide bonds. The Balaban J connectivity index is 2.02. The standard InChI is InChI=1S/C19H15Cl2NO5/c20-13-5-4-11(8-14(13)21)10-22-15-2-1-3-17(27-7-6-18(23)24)12(15)9-16(22)19(25)26/h1-5,8-9H,6-7,10H2,(H,23,24)(H,25,26). The maximum absolute atomic E-state index is 11.7. The van der Waals surface area contributed by atoms with Crippen LogP contribution in [0.25, 0.3) is 10.9 Å². The highest BCUT2D eigenvalue weighted by atomic mass is 35.5. The van der Waals surface area contributed by atoms with E-state index >= 15 is 0 Å². The number of hydrogen-bond donors (Lipinski definition) is 2. The van der Waals surface area contributed by atoms with Crippen LogP contribution in [0.1, 0.15) is 22.5 Å². The van der Waals surface area contributed by atoms with Crippen LogP contribution in [-0.2, 0) is 11.3 Å². The smallest absolute Gasteiger partial charge is 0.352 e. The Morgan fingerprint density at radius 2 is 1.81 bits per heavy atom. The van der Waals surface area contributed by atoms with Crippen LogP contribution in [0.2, 0.25) is 10.0 Å². The van der Waals surface area contributed by atoms with E-state index in [1.165, 1.54) is 6.07 Å². The first kappa shape index (κ1) is 19.1. The molecule has 0 bridgehead atoms. The Hall–Kier alpha value is -2.70. The Labute approximate surface area is 164 Å². The molecule has 1 heterocycles. The maximum Gasteiger partial charge on any atom is 0.352 e. The van der Waals surface area contributed by atoms with E-state index in [0.717, 1.165) is 5.56 Å². The van der Waals surface area contributed by atoms with Crippen LogP contribution in [0.3, 0.4) is 0 Å². The number of aliphatic carboxylic acids is 1. The van der Waals surface area contributed by atoms with Crippen molar-refractivity contribution in [3.05, 3.63) is 63.8 Å². The third-order valence-corrected chi connectivity index (χ3v) is 4.76. The SMILES string of the molecule is O=C(O)CCOc1cccc2c1cc(C(=O)O)n2Cc1ccc(Cl)c(Cl)c1. The number of carboxylic acids is 2. The van der Waals surface area contributed by atoms with Crippen LogP contribution in [0.4, 0.5) is 0 Å². The quantitative estimate of drug-likeness (QED) is 0.599. The second-order valence-corrected chi connectivity index (χ2v) is 6.66. The number of rotatable bonds is 7. The highest BCUT2D eigenvalue weighted by molar-refractivity contribution is 6.42. The minimum atomic E-state index is -1.08. The van der Waals surface area contributed by atoms with Crippen molar-refractivity contribution in [2.75, 3.05) is 6.61 Å². The zero-order valence-corrected chi connectivity index (χ0v) is 15.5. The number of benzene rings is 2. The van der Waals surface area contributed by atoms with Crippen LogP contribution in [0.15, 0.2) is 42.5 Å². The Kier molecular flexibility index (Phi) is 5.58. The van der Waals surface area contributed by atoms with E-state index in [4.69, 9.17) is 33.0 Å². The minimum Gasteiger partial charge on any atom is -0.492 e. The lowest BCUT2D eigenvalue weighted by Gasteiger charge is -2.10. The molecule has 0 unspecified atom stereocenters. The molecule has 27 heavy (non-hydrogen) atoms. The molecule has 2 N–H and O–H groups in total. The number of carboxylic acid groups (broad SMARTS) is 2. The van der Waals surface area contributed by atoms with Crippen molar-refractivity contribution in [3.8, 4) is 5.75 Å². The molecule has 0 saturated carbocycles. The van der Waals surface area contributed by atoms with Gasteiger partial charge in [0.15, 0.2) is 0 Å². The average molecular weight is 408 g/mol. The molecule has 8 heteroatoms. The summed E-state index contributed by atoms with van der Waals surface area (Å²) in [5.74, 6) is -1.61. The summed E-state index contributed by atoms with van der Waals surface area (Å²) >= 11 is 12.0. The van der Waals surface area contributed by atoms with Crippen molar-refractivity contribution in [2.24, 2.45) is 0 Å². The van der Waals surface area contributed by atoms with Gasteiger partial charge < -0.3 is 19.5 Å². The van der Waals surface area contributed by atoms with Gasteiger partial charge in [0.2, 0.25) is 0 Å². The van der Waals surface area contributed by atoms with Crippen LogP contribution in [-0.4, -0.2) is 33.3 Å². The third-order valence-electron chi connectivity index (χ3n) is 4.02. The van der Waals surface area contributed by atoms with Crippen molar-refractivity contribution in [2.45, 2.75) is 13.0 Å². The van der Waals surface area contributed by atoms with Crippen molar-refractivity contribution >= 4 is 46.0 Å². The summed E-state index contributed by atoms with van der Waals surface area (Å²) in [6, 6.07) is 11.8. The second-order valence-electron chi connectivity index (χ2n) is 5.85. The molecular weight excluding hydrogens is 393 g/mol. The van der Waals surface area contributed by atoms with E-state index in [9.17, 15) is 14.7 Å². The first-order valence-electron chi connectivity index (χ1n) is 8.01. The third kappa shape index (κ3) is 4.18. The van der Waals surface area contributed by atoms with Gasteiger partial charge in [-0.3, -0.25) is 4.79 Å². The fourth-order valence-corrected chi connectivity index (χ4v) is 3.12. The van der Waals surface area contributed by atoms with Crippen molar-refractivity contribution in [1.29, 1.82) is 0 Å². The topological polar surface area (TPSA) is 88.8 Å². The van der Waals surface area contributed by atoms with Gasteiger partial charge in [-0.2, -0.15) is 0 Å². The zero-order chi connectivity index (χ0) is 19.6. The van der Waals surface area contributed by atoms with E-state index in [1.54, 1.807) is 41.0 Å². The van der Waals surface area contributed by atoms with E-state index in [-0.39, 0.29) is 25.3 Å². The number of carbonyl (C=O) groups is 2. The Morgan fingerprint density at radius 1 is 1.04 bits per heavy atom. The van der Waals surface area contributed by atoms with Gasteiger partial charge in [0.25, 0.3) is 0 Å². The lowest BCUT2D eigenvalue weighted by atomic mass is 10.2. The van der Waals surface area contributed by atoms with Gasteiger partial charge in [-0.15, -0.1) is 0 Å². The van der Waals surface area contributed by atoms with Gasteiger partial charge in [0, 0.05) is 11.9 Å². The molecule has 0 aliphatic carbocycles. The predicted octanol–water partition coefficient (Wildman–Crippen LogP) is 4.55. The molecular formula is C19H15Cl2NO5. The summed E-state index contributed by atoms with van der Waals surface area (Å²) in [7, 11) is 0. The minimum absolute atomic E-state index is 0.00514. The summed E-state index contributed by atoms with van der Waals surface area (Å²) in [6.07, 6.45) is -0.147. The van der Waals surface area contributed by atoms with Crippen LogP contribution < -0.4 is 4.74 Å². The number of aromatic carboxylic acids is 1. The predicted molar refractivity (Wildman–Crippen MR) is 102 cm³/mol. The summed E-state index contributed by atoms with van der Waals surface area (Å²) < 4.78 is 7.18. The molecule has 0 saturated heterocycles.